The molecule has 0 fully saturated rings. The summed E-state index contributed by atoms with van der Waals surface area (Å²) in [6, 6.07) is 10.8. The van der Waals surface area contributed by atoms with Crippen LogP contribution >= 0.6 is 11.8 Å². The lowest BCUT2D eigenvalue weighted by atomic mass is 9.81. The molecule has 0 aliphatic heterocycles. The summed E-state index contributed by atoms with van der Waals surface area (Å²) in [5, 5.41) is 0. The van der Waals surface area contributed by atoms with Gasteiger partial charge in [-0.25, -0.2) is 4.39 Å². The fourth-order valence-electron chi connectivity index (χ4n) is 3.44. The van der Waals surface area contributed by atoms with E-state index in [1.165, 1.54) is 36.0 Å². The Balaban J connectivity index is 2.18. The van der Waals surface area contributed by atoms with E-state index < -0.39 is 36.4 Å². The molecule has 0 spiro atoms. The fourth-order valence-corrected chi connectivity index (χ4v) is 3.85. The molecular weight excluding hydrogens is 405 g/mol. The van der Waals surface area contributed by atoms with E-state index in [1.54, 1.807) is 12.1 Å². The normalized spacial score (nSPS) is 17.3. The molecule has 0 amide bonds. The number of thioether (sulfide) groups is 1. The van der Waals surface area contributed by atoms with Crippen LogP contribution in [0.1, 0.15) is 24.0 Å². The summed E-state index contributed by atoms with van der Waals surface area (Å²) in [7, 11) is 0. The van der Waals surface area contributed by atoms with Crippen molar-refractivity contribution in [3.63, 3.8) is 0 Å². The number of hydrogen-bond donors (Lipinski definition) is 0. The van der Waals surface area contributed by atoms with Crippen LogP contribution in [0.5, 0.6) is 0 Å². The first kappa shape index (κ1) is 20.8. The average molecular weight is 420 g/mol. The maximum atomic E-state index is 13.7. The van der Waals surface area contributed by atoms with Crippen molar-refractivity contribution in [2.45, 2.75) is 30.1 Å². The van der Waals surface area contributed by atoms with Gasteiger partial charge in [0.25, 0.3) is 0 Å². The third-order valence-corrected chi connectivity index (χ3v) is 5.78. The zero-order chi connectivity index (χ0) is 20.7. The second-order valence-corrected chi connectivity index (χ2v) is 7.50. The minimum atomic E-state index is -5.47. The maximum absolute atomic E-state index is 13.7. The summed E-state index contributed by atoms with van der Waals surface area (Å²) in [5.74, 6) is -0.619. The highest BCUT2D eigenvalue weighted by Crippen LogP contribution is 2.64. The smallest absolute Gasteiger partial charge is 0.207 e. The van der Waals surface area contributed by atoms with Crippen molar-refractivity contribution in [3.05, 3.63) is 65.5 Å². The van der Waals surface area contributed by atoms with Gasteiger partial charge in [0.15, 0.2) is 5.41 Å². The number of hydrogen-bond acceptors (Lipinski definition) is 1. The van der Waals surface area contributed by atoms with Crippen LogP contribution in [0.2, 0.25) is 0 Å². The van der Waals surface area contributed by atoms with Crippen LogP contribution in [-0.4, -0.2) is 18.6 Å². The molecule has 150 valence electrons. The quantitative estimate of drug-likeness (QED) is 0.369. The second kappa shape index (κ2) is 7.13. The van der Waals surface area contributed by atoms with E-state index >= 15 is 0 Å². The zero-order valence-electron chi connectivity index (χ0n) is 14.6. The Kier molecular flexibility index (Phi) is 5.29. The van der Waals surface area contributed by atoms with Gasteiger partial charge >= 0.3 is 12.4 Å². The molecule has 0 bridgehead atoms. The number of rotatable bonds is 3. The van der Waals surface area contributed by atoms with Crippen molar-refractivity contribution in [3.8, 4) is 0 Å². The third-order valence-electron chi connectivity index (χ3n) is 5.04. The highest BCUT2D eigenvalue weighted by atomic mass is 32.2. The summed E-state index contributed by atoms with van der Waals surface area (Å²) in [4.78, 5) is 0.837. The molecule has 0 saturated carbocycles. The van der Waals surface area contributed by atoms with Gasteiger partial charge in [-0.05, 0) is 65.6 Å². The minimum absolute atomic E-state index is 0.0195. The molecule has 28 heavy (non-hydrogen) atoms. The molecule has 2 aromatic rings. The summed E-state index contributed by atoms with van der Waals surface area (Å²) in [6.45, 7) is 0. The summed E-state index contributed by atoms with van der Waals surface area (Å²) in [6.07, 6.45) is -11.6. The van der Waals surface area contributed by atoms with E-state index in [0.29, 0.717) is 5.56 Å². The zero-order valence-corrected chi connectivity index (χ0v) is 15.4. The molecule has 1 aliphatic carbocycles. The van der Waals surface area contributed by atoms with E-state index in [4.69, 9.17) is 0 Å². The molecule has 0 N–H and O–H groups in total. The largest absolute Gasteiger partial charge is 0.403 e. The monoisotopic (exact) mass is 420 g/mol. The van der Waals surface area contributed by atoms with Gasteiger partial charge in [-0.2, -0.15) is 26.3 Å². The van der Waals surface area contributed by atoms with E-state index in [1.807, 2.05) is 6.26 Å². The van der Waals surface area contributed by atoms with Crippen LogP contribution in [0, 0.1) is 11.2 Å². The minimum Gasteiger partial charge on any atom is -0.207 e. The fraction of sp³-hybridized carbons (Fsp3) is 0.300. The molecule has 0 heterocycles. The molecule has 0 saturated heterocycles. The Hall–Kier alpha value is -1.96. The predicted molar refractivity (Wildman–Crippen MR) is 95.2 cm³/mol. The van der Waals surface area contributed by atoms with Crippen LogP contribution in [0.25, 0.3) is 11.1 Å². The average Bonchev–Trinajstić information content (AvgIpc) is 3.04. The summed E-state index contributed by atoms with van der Waals surface area (Å²) < 4.78 is 95.2. The Labute approximate surface area is 161 Å². The Morgan fingerprint density at radius 2 is 1.11 bits per heavy atom. The highest BCUT2D eigenvalue weighted by molar-refractivity contribution is 7.98. The molecule has 0 atom stereocenters. The number of benzene rings is 2. The maximum Gasteiger partial charge on any atom is 0.403 e. The first-order valence-corrected chi connectivity index (χ1v) is 9.47. The van der Waals surface area contributed by atoms with Crippen LogP contribution in [0.3, 0.4) is 0 Å². The number of halogens is 7. The van der Waals surface area contributed by atoms with Crippen molar-refractivity contribution in [1.29, 1.82) is 0 Å². The third kappa shape index (κ3) is 3.54. The standard InChI is InChI=1S/C20H15F7S/c1-28-15-8-4-13(5-9-15)17-11-18(19(22,23)24,20(25,26)27)10-16(17)12-2-6-14(21)7-3-12/h2-9H,10-11H2,1H3. The molecule has 1 aliphatic rings. The molecule has 0 radical (unpaired) electrons. The van der Waals surface area contributed by atoms with E-state index in [2.05, 4.69) is 0 Å². The molecule has 3 rings (SSSR count). The van der Waals surface area contributed by atoms with Crippen LogP contribution in [0.4, 0.5) is 30.7 Å². The van der Waals surface area contributed by atoms with Gasteiger partial charge in [0.05, 0.1) is 0 Å². The van der Waals surface area contributed by atoms with Gasteiger partial charge < -0.3 is 0 Å². The predicted octanol–water partition coefficient (Wildman–Crippen LogP) is 7.36. The van der Waals surface area contributed by atoms with Gasteiger partial charge in [-0.15, -0.1) is 11.8 Å². The Morgan fingerprint density at radius 3 is 1.46 bits per heavy atom. The van der Waals surface area contributed by atoms with Gasteiger partial charge in [-0.3, -0.25) is 0 Å². The summed E-state index contributed by atoms with van der Waals surface area (Å²) >= 11 is 1.41. The lowest BCUT2D eigenvalue weighted by Crippen LogP contribution is -2.48. The summed E-state index contributed by atoms with van der Waals surface area (Å²) in [5.41, 5.74) is -3.49. The molecular formula is C20H15F7S. The molecule has 0 nitrogen and oxygen atoms in total. The van der Waals surface area contributed by atoms with Gasteiger partial charge in [-0.1, -0.05) is 24.3 Å². The first-order valence-electron chi connectivity index (χ1n) is 8.24. The first-order chi connectivity index (χ1) is 13.0. The topological polar surface area (TPSA) is 0 Å². The van der Waals surface area contributed by atoms with E-state index in [-0.39, 0.29) is 16.7 Å². The van der Waals surface area contributed by atoms with Crippen molar-refractivity contribution < 1.29 is 30.7 Å². The van der Waals surface area contributed by atoms with Gasteiger partial charge in [0.2, 0.25) is 0 Å². The van der Waals surface area contributed by atoms with E-state index in [0.717, 1.165) is 17.0 Å². The van der Waals surface area contributed by atoms with Crippen LogP contribution < -0.4 is 0 Å². The molecule has 0 aromatic heterocycles. The Bertz CT molecular complexity index is 861. The van der Waals surface area contributed by atoms with Gasteiger partial charge in [0.1, 0.15) is 5.82 Å². The number of alkyl halides is 6. The Morgan fingerprint density at radius 1 is 0.714 bits per heavy atom. The molecule has 0 unspecified atom stereocenters. The van der Waals surface area contributed by atoms with Crippen LogP contribution in [-0.2, 0) is 0 Å². The lowest BCUT2D eigenvalue weighted by Gasteiger charge is -2.34. The van der Waals surface area contributed by atoms with Crippen molar-refractivity contribution in [2.75, 3.05) is 6.26 Å². The number of allylic oxidation sites excluding steroid dienone is 2. The van der Waals surface area contributed by atoms with Crippen molar-refractivity contribution in [2.24, 2.45) is 5.41 Å². The van der Waals surface area contributed by atoms with Crippen LogP contribution in [0.15, 0.2) is 53.4 Å². The molecule has 2 aromatic carbocycles. The van der Waals surface area contributed by atoms with Crippen molar-refractivity contribution >= 4 is 22.9 Å². The molecule has 8 heteroatoms. The second-order valence-electron chi connectivity index (χ2n) is 6.62. The van der Waals surface area contributed by atoms with Crippen molar-refractivity contribution in [1.82, 2.24) is 0 Å². The highest BCUT2D eigenvalue weighted by Gasteiger charge is 2.72. The SMILES string of the molecule is CSc1ccc(C2=C(c3ccc(F)cc3)CC(C(F)(F)F)(C(F)(F)F)C2)cc1. The van der Waals surface area contributed by atoms with E-state index in [9.17, 15) is 30.7 Å². The van der Waals surface area contributed by atoms with Gasteiger partial charge in [0, 0.05) is 4.90 Å². The lowest BCUT2D eigenvalue weighted by molar-refractivity contribution is -0.335.